The van der Waals surface area contributed by atoms with Crippen molar-refractivity contribution in [1.82, 2.24) is 10.0 Å². The molecule has 0 aromatic heterocycles. The Bertz CT molecular complexity index is 339. The van der Waals surface area contributed by atoms with Crippen LogP contribution in [0.15, 0.2) is 30.3 Å². The van der Waals surface area contributed by atoms with Crippen molar-refractivity contribution in [3.8, 4) is 0 Å². The highest BCUT2D eigenvalue weighted by Crippen LogP contribution is 2.30. The monoisotopic (exact) mass is 218 g/mol. The van der Waals surface area contributed by atoms with E-state index in [0.29, 0.717) is 6.04 Å². The number of benzene rings is 1. The maximum Gasteiger partial charge on any atom is 0.223 e. The van der Waals surface area contributed by atoms with E-state index in [9.17, 15) is 4.79 Å². The molecule has 1 amide bonds. The number of hydrogen-bond donors (Lipinski definition) is 0. The van der Waals surface area contributed by atoms with Crippen molar-refractivity contribution in [2.45, 2.75) is 25.3 Å². The number of hydrazine groups is 1. The molecule has 1 aromatic carbocycles. The molecule has 1 atom stereocenters. The molecule has 1 fully saturated rings. The fourth-order valence-corrected chi connectivity index (χ4v) is 2.37. The Labute approximate surface area is 96.6 Å². The van der Waals surface area contributed by atoms with Gasteiger partial charge in [0.15, 0.2) is 0 Å². The Morgan fingerprint density at radius 3 is 2.75 bits per heavy atom. The van der Waals surface area contributed by atoms with E-state index in [0.717, 1.165) is 19.4 Å². The standard InChI is InChI=1S/C13H18N2O/c1-14(11-16)15-10-6-5-9-13(15)12-7-3-2-4-8-12/h2-4,7-8,11,13H,5-6,9-10H2,1H3. The molecule has 3 heteroatoms. The first-order chi connectivity index (χ1) is 7.83. The molecule has 0 saturated carbocycles. The van der Waals surface area contributed by atoms with Gasteiger partial charge >= 0.3 is 0 Å². The summed E-state index contributed by atoms with van der Waals surface area (Å²) in [4.78, 5) is 10.9. The Morgan fingerprint density at radius 2 is 2.06 bits per heavy atom. The van der Waals surface area contributed by atoms with Crippen molar-refractivity contribution in [3.63, 3.8) is 0 Å². The number of nitrogens with zero attached hydrogens (tertiary/aromatic N) is 2. The Kier molecular flexibility index (Phi) is 3.57. The minimum absolute atomic E-state index is 0.352. The summed E-state index contributed by atoms with van der Waals surface area (Å²) in [5.41, 5.74) is 1.30. The summed E-state index contributed by atoms with van der Waals surface area (Å²) in [5, 5.41) is 3.84. The van der Waals surface area contributed by atoms with Crippen molar-refractivity contribution in [2.75, 3.05) is 13.6 Å². The van der Waals surface area contributed by atoms with Gasteiger partial charge in [0.2, 0.25) is 6.41 Å². The lowest BCUT2D eigenvalue weighted by atomic mass is 9.97. The summed E-state index contributed by atoms with van der Waals surface area (Å²) >= 11 is 0. The summed E-state index contributed by atoms with van der Waals surface area (Å²) in [7, 11) is 1.83. The van der Waals surface area contributed by atoms with Crippen molar-refractivity contribution >= 4 is 6.41 Å². The molecule has 1 aliphatic heterocycles. The fourth-order valence-electron chi connectivity index (χ4n) is 2.37. The van der Waals surface area contributed by atoms with E-state index < -0.39 is 0 Å². The van der Waals surface area contributed by atoms with Gasteiger partial charge in [-0.3, -0.25) is 9.80 Å². The maximum atomic E-state index is 10.9. The van der Waals surface area contributed by atoms with Crippen molar-refractivity contribution in [2.24, 2.45) is 0 Å². The van der Waals surface area contributed by atoms with Gasteiger partial charge in [0, 0.05) is 13.6 Å². The number of carbonyl (C=O) groups is 1. The summed E-state index contributed by atoms with van der Waals surface area (Å²) in [6, 6.07) is 10.8. The van der Waals surface area contributed by atoms with E-state index in [-0.39, 0.29) is 0 Å². The van der Waals surface area contributed by atoms with Gasteiger partial charge in [-0.25, -0.2) is 5.01 Å². The summed E-state index contributed by atoms with van der Waals surface area (Å²) in [6.07, 6.45) is 4.42. The normalized spacial score (nSPS) is 21.7. The molecule has 1 aliphatic rings. The maximum absolute atomic E-state index is 10.9. The lowest BCUT2D eigenvalue weighted by Gasteiger charge is -2.39. The third-order valence-corrected chi connectivity index (χ3v) is 3.22. The van der Waals surface area contributed by atoms with Crippen molar-refractivity contribution in [1.29, 1.82) is 0 Å². The minimum atomic E-state index is 0.352. The zero-order valence-corrected chi connectivity index (χ0v) is 9.67. The number of piperidine rings is 1. The molecule has 1 heterocycles. The lowest BCUT2D eigenvalue weighted by Crippen LogP contribution is -2.44. The molecule has 2 rings (SSSR count). The molecular weight excluding hydrogens is 200 g/mol. The average Bonchev–Trinajstić information content (AvgIpc) is 2.39. The highest BCUT2D eigenvalue weighted by atomic mass is 16.1. The molecule has 16 heavy (non-hydrogen) atoms. The molecule has 86 valence electrons. The SMILES string of the molecule is CN(C=O)N1CCCCC1c1ccccc1. The molecule has 0 spiro atoms. The van der Waals surface area contributed by atoms with Gasteiger partial charge in [-0.1, -0.05) is 36.8 Å². The van der Waals surface area contributed by atoms with Crippen LogP contribution < -0.4 is 0 Å². The van der Waals surface area contributed by atoms with Crippen LogP contribution in [0.25, 0.3) is 0 Å². The number of amides is 1. The van der Waals surface area contributed by atoms with Gasteiger partial charge in [-0.2, -0.15) is 0 Å². The van der Waals surface area contributed by atoms with Crippen LogP contribution in [-0.2, 0) is 4.79 Å². The largest absolute Gasteiger partial charge is 0.281 e. The zero-order valence-electron chi connectivity index (χ0n) is 9.67. The lowest BCUT2D eigenvalue weighted by molar-refractivity contribution is -0.138. The highest BCUT2D eigenvalue weighted by molar-refractivity contribution is 5.45. The molecule has 1 saturated heterocycles. The molecule has 0 aliphatic carbocycles. The average molecular weight is 218 g/mol. The Morgan fingerprint density at radius 1 is 1.31 bits per heavy atom. The fraction of sp³-hybridized carbons (Fsp3) is 0.462. The number of carbonyl (C=O) groups excluding carboxylic acids is 1. The third kappa shape index (κ3) is 2.25. The van der Waals surface area contributed by atoms with Crippen LogP contribution in [0.1, 0.15) is 30.9 Å². The quantitative estimate of drug-likeness (QED) is 0.726. The molecule has 1 unspecified atom stereocenters. The van der Waals surface area contributed by atoms with Crippen molar-refractivity contribution in [3.05, 3.63) is 35.9 Å². The first kappa shape index (κ1) is 11.1. The van der Waals surface area contributed by atoms with Gasteiger partial charge in [0.05, 0.1) is 6.04 Å². The molecular formula is C13H18N2O. The zero-order chi connectivity index (χ0) is 11.4. The Balaban J connectivity index is 2.19. The second kappa shape index (κ2) is 5.12. The van der Waals surface area contributed by atoms with E-state index in [1.165, 1.54) is 18.4 Å². The molecule has 0 bridgehead atoms. The molecule has 0 radical (unpaired) electrons. The van der Waals surface area contributed by atoms with E-state index in [1.807, 2.05) is 13.1 Å². The van der Waals surface area contributed by atoms with Crippen LogP contribution in [0.5, 0.6) is 0 Å². The van der Waals surface area contributed by atoms with Gasteiger partial charge < -0.3 is 0 Å². The minimum Gasteiger partial charge on any atom is -0.281 e. The highest BCUT2D eigenvalue weighted by Gasteiger charge is 2.25. The predicted octanol–water partition coefficient (Wildman–Crippen LogP) is 2.22. The van der Waals surface area contributed by atoms with Gasteiger partial charge in [0.25, 0.3) is 0 Å². The van der Waals surface area contributed by atoms with Crippen LogP contribution in [-0.4, -0.2) is 30.0 Å². The van der Waals surface area contributed by atoms with Crippen LogP contribution in [0.2, 0.25) is 0 Å². The van der Waals surface area contributed by atoms with E-state index in [2.05, 4.69) is 29.3 Å². The van der Waals surface area contributed by atoms with Crippen LogP contribution in [0.3, 0.4) is 0 Å². The summed E-state index contributed by atoms with van der Waals surface area (Å²) in [6.45, 7) is 0.967. The topological polar surface area (TPSA) is 23.6 Å². The van der Waals surface area contributed by atoms with Crippen LogP contribution in [0.4, 0.5) is 0 Å². The smallest absolute Gasteiger partial charge is 0.223 e. The van der Waals surface area contributed by atoms with Crippen molar-refractivity contribution < 1.29 is 4.79 Å². The first-order valence-electron chi connectivity index (χ1n) is 5.82. The van der Waals surface area contributed by atoms with Gasteiger partial charge in [0.1, 0.15) is 0 Å². The van der Waals surface area contributed by atoms with Crippen LogP contribution in [0, 0.1) is 0 Å². The molecule has 0 N–H and O–H groups in total. The number of hydrogen-bond acceptors (Lipinski definition) is 2. The van der Waals surface area contributed by atoms with Crippen LogP contribution >= 0.6 is 0 Å². The summed E-state index contributed by atoms with van der Waals surface area (Å²) < 4.78 is 0. The second-order valence-electron chi connectivity index (χ2n) is 4.26. The predicted molar refractivity (Wildman–Crippen MR) is 63.6 cm³/mol. The molecule has 3 nitrogen and oxygen atoms in total. The third-order valence-electron chi connectivity index (χ3n) is 3.22. The molecule has 1 aromatic rings. The second-order valence-corrected chi connectivity index (χ2v) is 4.26. The number of rotatable bonds is 3. The van der Waals surface area contributed by atoms with E-state index in [1.54, 1.807) is 5.01 Å². The van der Waals surface area contributed by atoms with Gasteiger partial charge in [-0.05, 0) is 18.4 Å². The first-order valence-corrected chi connectivity index (χ1v) is 5.82. The Hall–Kier alpha value is -1.35. The summed E-state index contributed by atoms with van der Waals surface area (Å²) in [5.74, 6) is 0. The van der Waals surface area contributed by atoms with Gasteiger partial charge in [-0.15, -0.1) is 0 Å². The van der Waals surface area contributed by atoms with E-state index in [4.69, 9.17) is 0 Å². The van der Waals surface area contributed by atoms with E-state index >= 15 is 0 Å².